The van der Waals surface area contributed by atoms with E-state index >= 15 is 0 Å². The third-order valence-electron chi connectivity index (χ3n) is 3.29. The van der Waals surface area contributed by atoms with Crippen LogP contribution in [-0.2, 0) is 11.2 Å². The summed E-state index contributed by atoms with van der Waals surface area (Å²) in [6.07, 6.45) is -0.606. The third kappa shape index (κ3) is 2.40. The van der Waals surface area contributed by atoms with Crippen LogP contribution in [0, 0.1) is 0 Å². The molecule has 1 aliphatic heterocycles. The minimum Gasteiger partial charge on any atom is -0.384 e. The first kappa shape index (κ1) is 13.4. The fourth-order valence-corrected chi connectivity index (χ4v) is 2.85. The average Bonchev–Trinajstić information content (AvgIpc) is 2.77. The predicted molar refractivity (Wildman–Crippen MR) is 79.3 cm³/mol. The summed E-state index contributed by atoms with van der Waals surface area (Å²) >= 11 is 12.0. The second kappa shape index (κ2) is 5.09. The zero-order chi connectivity index (χ0) is 14.3. The van der Waals surface area contributed by atoms with E-state index in [1.807, 2.05) is 0 Å². The van der Waals surface area contributed by atoms with Gasteiger partial charge in [-0.2, -0.15) is 0 Å². The summed E-state index contributed by atoms with van der Waals surface area (Å²) in [5, 5.41) is 14.3. The Morgan fingerprint density at radius 3 is 2.70 bits per heavy atom. The lowest BCUT2D eigenvalue weighted by Gasteiger charge is -2.16. The van der Waals surface area contributed by atoms with Gasteiger partial charge in [-0.25, -0.2) is 0 Å². The Hall–Kier alpha value is -1.55. The number of benzene rings is 2. The van der Waals surface area contributed by atoms with Crippen molar-refractivity contribution in [2.75, 3.05) is 5.32 Å². The Labute approximate surface area is 126 Å². The first-order valence-electron chi connectivity index (χ1n) is 6.10. The topological polar surface area (TPSA) is 49.3 Å². The first-order valence-corrected chi connectivity index (χ1v) is 6.86. The number of aliphatic hydroxyl groups is 1. The zero-order valence-electron chi connectivity index (χ0n) is 10.4. The van der Waals surface area contributed by atoms with Crippen LogP contribution in [0.25, 0.3) is 0 Å². The van der Waals surface area contributed by atoms with Crippen molar-refractivity contribution in [2.24, 2.45) is 0 Å². The molecule has 102 valence electrons. The lowest BCUT2D eigenvalue weighted by molar-refractivity contribution is -0.115. The summed E-state index contributed by atoms with van der Waals surface area (Å²) in [6.45, 7) is 0. The minimum absolute atomic E-state index is 0.0955. The summed E-state index contributed by atoms with van der Waals surface area (Å²) in [6, 6.07) is 10.4. The van der Waals surface area contributed by atoms with Crippen LogP contribution in [0.5, 0.6) is 0 Å². The highest BCUT2D eigenvalue weighted by atomic mass is 35.5. The van der Waals surface area contributed by atoms with Gasteiger partial charge >= 0.3 is 0 Å². The van der Waals surface area contributed by atoms with Gasteiger partial charge in [-0.1, -0.05) is 35.3 Å². The highest BCUT2D eigenvalue weighted by Gasteiger charge is 2.25. The van der Waals surface area contributed by atoms with Gasteiger partial charge < -0.3 is 10.4 Å². The van der Waals surface area contributed by atoms with Crippen LogP contribution in [0.4, 0.5) is 5.69 Å². The van der Waals surface area contributed by atoms with E-state index < -0.39 is 6.10 Å². The van der Waals surface area contributed by atoms with Crippen molar-refractivity contribution < 1.29 is 9.90 Å². The van der Waals surface area contributed by atoms with Crippen molar-refractivity contribution in [2.45, 2.75) is 12.5 Å². The largest absolute Gasteiger partial charge is 0.384 e. The molecular formula is C15H11Cl2NO2. The molecule has 20 heavy (non-hydrogen) atoms. The van der Waals surface area contributed by atoms with Crippen LogP contribution in [-0.4, -0.2) is 11.0 Å². The molecule has 0 bridgehead atoms. The molecule has 1 heterocycles. The van der Waals surface area contributed by atoms with E-state index in [4.69, 9.17) is 23.2 Å². The SMILES string of the molecule is O=C1Cc2cc(Cl)cc(C(O)c3cccc(Cl)c3)c2N1. The number of rotatable bonds is 2. The number of carbonyl (C=O) groups is 1. The molecule has 1 aliphatic rings. The lowest BCUT2D eigenvalue weighted by atomic mass is 9.97. The summed E-state index contributed by atoms with van der Waals surface area (Å²) in [5.41, 5.74) is 2.69. The zero-order valence-corrected chi connectivity index (χ0v) is 11.9. The fraction of sp³-hybridized carbons (Fsp3) is 0.133. The molecule has 1 amide bonds. The molecule has 0 radical (unpaired) electrons. The lowest BCUT2D eigenvalue weighted by Crippen LogP contribution is -2.07. The second-order valence-corrected chi connectivity index (χ2v) is 5.58. The van der Waals surface area contributed by atoms with Crippen molar-refractivity contribution in [1.29, 1.82) is 0 Å². The maximum absolute atomic E-state index is 11.5. The Morgan fingerprint density at radius 2 is 1.95 bits per heavy atom. The maximum atomic E-state index is 11.5. The van der Waals surface area contributed by atoms with E-state index in [0.717, 1.165) is 5.56 Å². The molecule has 5 heteroatoms. The number of aliphatic hydroxyl groups excluding tert-OH is 1. The monoisotopic (exact) mass is 307 g/mol. The van der Waals surface area contributed by atoms with Gasteiger partial charge in [-0.15, -0.1) is 0 Å². The standard InChI is InChI=1S/C15H11Cl2NO2/c16-10-3-1-2-8(4-10)15(20)12-7-11(17)5-9-6-13(19)18-14(9)12/h1-5,7,15,20H,6H2,(H,18,19). The van der Waals surface area contributed by atoms with Gasteiger partial charge in [0, 0.05) is 15.6 Å². The van der Waals surface area contributed by atoms with Gasteiger partial charge in [0.1, 0.15) is 6.10 Å². The molecule has 2 aromatic rings. The van der Waals surface area contributed by atoms with Gasteiger partial charge in [0.05, 0.1) is 12.1 Å². The van der Waals surface area contributed by atoms with Crippen molar-refractivity contribution in [3.63, 3.8) is 0 Å². The summed E-state index contributed by atoms with van der Waals surface area (Å²) in [5.74, 6) is -0.0955. The highest BCUT2D eigenvalue weighted by Crippen LogP contribution is 2.37. The van der Waals surface area contributed by atoms with Crippen LogP contribution >= 0.6 is 23.2 Å². The average molecular weight is 308 g/mol. The number of hydrogen-bond acceptors (Lipinski definition) is 2. The van der Waals surface area contributed by atoms with E-state index in [1.165, 1.54) is 0 Å². The van der Waals surface area contributed by atoms with Crippen LogP contribution < -0.4 is 5.32 Å². The summed E-state index contributed by atoms with van der Waals surface area (Å²) in [7, 11) is 0. The normalized spacial score (nSPS) is 14.8. The van der Waals surface area contributed by atoms with Gasteiger partial charge in [0.25, 0.3) is 0 Å². The Kier molecular flexibility index (Phi) is 3.42. The molecule has 2 N–H and O–H groups in total. The molecule has 0 aromatic heterocycles. The van der Waals surface area contributed by atoms with Crippen LogP contribution in [0.1, 0.15) is 22.8 Å². The molecule has 0 aliphatic carbocycles. The molecule has 0 saturated carbocycles. The summed E-state index contributed by atoms with van der Waals surface area (Å²) < 4.78 is 0. The number of halogens is 2. The fourth-order valence-electron chi connectivity index (χ4n) is 2.41. The quantitative estimate of drug-likeness (QED) is 0.891. The predicted octanol–water partition coefficient (Wildman–Crippen LogP) is 3.57. The van der Waals surface area contributed by atoms with Crippen molar-refractivity contribution in [1.82, 2.24) is 0 Å². The number of carbonyl (C=O) groups excluding carboxylic acids is 1. The van der Waals surface area contributed by atoms with Crippen molar-refractivity contribution in [3.8, 4) is 0 Å². The molecule has 0 fully saturated rings. The minimum atomic E-state index is -0.889. The molecule has 3 rings (SSSR count). The highest BCUT2D eigenvalue weighted by molar-refractivity contribution is 6.31. The Bertz CT molecular complexity index is 700. The van der Waals surface area contributed by atoms with E-state index in [1.54, 1.807) is 36.4 Å². The van der Waals surface area contributed by atoms with Crippen LogP contribution in [0.15, 0.2) is 36.4 Å². The molecule has 0 spiro atoms. The number of nitrogens with one attached hydrogen (secondary N) is 1. The van der Waals surface area contributed by atoms with E-state index in [0.29, 0.717) is 26.9 Å². The van der Waals surface area contributed by atoms with E-state index in [2.05, 4.69) is 5.32 Å². The molecule has 0 saturated heterocycles. The number of amides is 1. The summed E-state index contributed by atoms with van der Waals surface area (Å²) in [4.78, 5) is 11.5. The van der Waals surface area contributed by atoms with Gasteiger partial charge in [-0.05, 0) is 35.4 Å². The molecule has 3 nitrogen and oxygen atoms in total. The Balaban J connectivity index is 2.09. The molecular weight excluding hydrogens is 297 g/mol. The Morgan fingerprint density at radius 1 is 1.15 bits per heavy atom. The van der Waals surface area contributed by atoms with Crippen LogP contribution in [0.3, 0.4) is 0 Å². The van der Waals surface area contributed by atoms with Gasteiger partial charge in [-0.3, -0.25) is 4.79 Å². The van der Waals surface area contributed by atoms with E-state index in [9.17, 15) is 9.90 Å². The second-order valence-electron chi connectivity index (χ2n) is 4.71. The van der Waals surface area contributed by atoms with Gasteiger partial charge in [0.2, 0.25) is 5.91 Å². The van der Waals surface area contributed by atoms with Crippen molar-refractivity contribution >= 4 is 34.8 Å². The first-order chi connectivity index (χ1) is 9.54. The molecule has 1 atom stereocenters. The third-order valence-corrected chi connectivity index (χ3v) is 3.74. The smallest absolute Gasteiger partial charge is 0.228 e. The van der Waals surface area contributed by atoms with Crippen molar-refractivity contribution in [3.05, 3.63) is 63.1 Å². The number of anilines is 1. The molecule has 2 aromatic carbocycles. The number of hydrogen-bond donors (Lipinski definition) is 2. The maximum Gasteiger partial charge on any atom is 0.228 e. The van der Waals surface area contributed by atoms with Gasteiger partial charge in [0.15, 0.2) is 0 Å². The number of fused-ring (bicyclic) bond motifs is 1. The van der Waals surface area contributed by atoms with E-state index in [-0.39, 0.29) is 12.3 Å². The van der Waals surface area contributed by atoms with Crippen LogP contribution in [0.2, 0.25) is 10.0 Å². The molecule has 1 unspecified atom stereocenters.